The van der Waals surface area contributed by atoms with E-state index in [1.165, 1.54) is 0 Å². The summed E-state index contributed by atoms with van der Waals surface area (Å²) in [7, 11) is 0. The van der Waals surface area contributed by atoms with Gasteiger partial charge in [0.15, 0.2) is 5.78 Å². The number of rotatable bonds is 2. The average molecular weight is 222 g/mol. The molecule has 0 amide bonds. The van der Waals surface area contributed by atoms with Crippen molar-refractivity contribution in [2.45, 2.75) is 24.5 Å². The molecule has 0 bridgehead atoms. The Labute approximate surface area is 93.5 Å². The second kappa shape index (κ2) is 3.85. The smallest absolute Gasteiger partial charge is 0.182 e. The Bertz CT molecular complexity index is 386. The van der Waals surface area contributed by atoms with Crippen LogP contribution in [0, 0.1) is 0 Å². The van der Waals surface area contributed by atoms with E-state index >= 15 is 0 Å². The van der Waals surface area contributed by atoms with E-state index < -0.39 is 0 Å². The summed E-state index contributed by atoms with van der Waals surface area (Å²) in [6, 6.07) is 3.52. The van der Waals surface area contributed by atoms with Gasteiger partial charge in [0, 0.05) is 6.20 Å². The molecule has 1 aliphatic heterocycles. The van der Waals surface area contributed by atoms with Crippen molar-refractivity contribution in [1.29, 1.82) is 0 Å². The second-order valence-electron chi connectivity index (χ2n) is 3.95. The minimum Gasteiger partial charge on any atom is -0.383 e. The molecule has 0 aromatic carbocycles. The van der Waals surface area contributed by atoms with Gasteiger partial charge in [-0.2, -0.15) is 0 Å². The number of hydrogen-bond donors (Lipinski definition) is 1. The molecule has 1 fully saturated rings. The first kappa shape index (κ1) is 10.5. The van der Waals surface area contributed by atoms with Gasteiger partial charge in [-0.1, -0.05) is 0 Å². The molecule has 0 aliphatic carbocycles. The number of thioether (sulfide) groups is 1. The van der Waals surface area contributed by atoms with E-state index in [1.807, 2.05) is 6.92 Å². The summed E-state index contributed by atoms with van der Waals surface area (Å²) in [5.41, 5.74) is 6.27. The van der Waals surface area contributed by atoms with Gasteiger partial charge < -0.3 is 5.73 Å². The first-order chi connectivity index (χ1) is 7.13. The van der Waals surface area contributed by atoms with Crippen LogP contribution in [0.1, 0.15) is 30.1 Å². The number of carbonyl (C=O) groups is 1. The molecule has 1 aliphatic rings. The first-order valence-corrected chi connectivity index (χ1v) is 6.01. The van der Waals surface area contributed by atoms with Crippen LogP contribution in [-0.4, -0.2) is 21.3 Å². The third kappa shape index (κ3) is 1.86. The first-order valence-electron chi connectivity index (χ1n) is 5.03. The number of Topliss-reactive ketones (excluding diaryl/α,β-unsaturated/α-hetero) is 1. The molecule has 1 saturated heterocycles. The molecule has 1 aromatic heterocycles. The van der Waals surface area contributed by atoms with Crippen LogP contribution in [0.5, 0.6) is 0 Å². The van der Waals surface area contributed by atoms with Gasteiger partial charge in [0.05, 0.1) is 10.3 Å². The number of nitrogens with two attached hydrogens (primary N) is 1. The van der Waals surface area contributed by atoms with Crippen molar-refractivity contribution < 1.29 is 4.79 Å². The predicted molar refractivity (Wildman–Crippen MR) is 63.1 cm³/mol. The zero-order valence-corrected chi connectivity index (χ0v) is 9.51. The van der Waals surface area contributed by atoms with Gasteiger partial charge in [-0.15, -0.1) is 11.8 Å². The largest absolute Gasteiger partial charge is 0.383 e. The fourth-order valence-electron chi connectivity index (χ4n) is 1.85. The maximum atomic E-state index is 12.2. The van der Waals surface area contributed by atoms with Crippen LogP contribution >= 0.6 is 11.8 Å². The van der Waals surface area contributed by atoms with E-state index in [1.54, 1.807) is 30.1 Å². The highest BCUT2D eigenvalue weighted by Gasteiger charge is 2.38. The Balaban J connectivity index is 2.32. The number of anilines is 1. The topological polar surface area (TPSA) is 56.0 Å². The Hall–Kier alpha value is -1.03. The molecule has 1 atom stereocenters. The number of nitrogen functional groups attached to an aromatic ring is 1. The fraction of sp³-hybridized carbons (Fsp3) is 0.455. The Morgan fingerprint density at radius 2 is 2.47 bits per heavy atom. The normalized spacial score (nSPS) is 25.4. The predicted octanol–water partition coefficient (Wildman–Crippen LogP) is 2.13. The summed E-state index contributed by atoms with van der Waals surface area (Å²) >= 11 is 1.72. The molecule has 0 saturated carbocycles. The number of hydrogen-bond acceptors (Lipinski definition) is 4. The van der Waals surface area contributed by atoms with Crippen LogP contribution < -0.4 is 5.73 Å². The van der Waals surface area contributed by atoms with E-state index in [9.17, 15) is 4.79 Å². The molecule has 1 unspecified atom stereocenters. The Kier molecular flexibility index (Phi) is 2.69. The molecular formula is C11H14N2OS. The van der Waals surface area contributed by atoms with E-state index in [0.717, 1.165) is 18.6 Å². The van der Waals surface area contributed by atoms with Gasteiger partial charge in [-0.3, -0.25) is 4.79 Å². The minimum absolute atomic E-state index is 0.121. The Morgan fingerprint density at radius 3 is 3.07 bits per heavy atom. The quantitative estimate of drug-likeness (QED) is 0.779. The van der Waals surface area contributed by atoms with Crippen LogP contribution in [0.3, 0.4) is 0 Å². The van der Waals surface area contributed by atoms with Gasteiger partial charge in [-0.25, -0.2) is 4.98 Å². The zero-order valence-electron chi connectivity index (χ0n) is 8.69. The summed E-state index contributed by atoms with van der Waals surface area (Å²) in [6.07, 6.45) is 3.65. The summed E-state index contributed by atoms with van der Waals surface area (Å²) in [5.74, 6) is 1.52. The van der Waals surface area contributed by atoms with Gasteiger partial charge in [0.25, 0.3) is 0 Å². The highest BCUT2D eigenvalue weighted by Crippen LogP contribution is 2.40. The van der Waals surface area contributed by atoms with Crippen molar-refractivity contribution in [2.75, 3.05) is 11.5 Å². The van der Waals surface area contributed by atoms with Crippen LogP contribution in [0.2, 0.25) is 0 Å². The number of aromatic nitrogens is 1. The SMILES string of the molecule is CC1(C(=O)c2cccnc2N)CCCS1. The second-order valence-corrected chi connectivity index (χ2v) is 5.55. The summed E-state index contributed by atoms with van der Waals surface area (Å²) in [6.45, 7) is 2.00. The highest BCUT2D eigenvalue weighted by atomic mass is 32.2. The van der Waals surface area contributed by atoms with Crippen LogP contribution in [0.4, 0.5) is 5.82 Å². The Morgan fingerprint density at radius 1 is 1.67 bits per heavy atom. The molecule has 0 radical (unpaired) electrons. The van der Waals surface area contributed by atoms with Crippen LogP contribution in [0.25, 0.3) is 0 Å². The third-order valence-corrected chi connectivity index (χ3v) is 4.30. The molecule has 1 aromatic rings. The summed E-state index contributed by atoms with van der Waals surface area (Å²) in [5, 5.41) is 0. The summed E-state index contributed by atoms with van der Waals surface area (Å²) < 4.78 is -0.294. The molecule has 3 nitrogen and oxygen atoms in total. The third-order valence-electron chi connectivity index (χ3n) is 2.78. The van der Waals surface area contributed by atoms with Crippen molar-refractivity contribution in [2.24, 2.45) is 0 Å². The lowest BCUT2D eigenvalue weighted by molar-refractivity contribution is 0.0949. The number of pyridine rings is 1. The summed E-state index contributed by atoms with van der Waals surface area (Å²) in [4.78, 5) is 16.2. The van der Waals surface area contributed by atoms with E-state index in [0.29, 0.717) is 11.4 Å². The molecular weight excluding hydrogens is 208 g/mol. The molecule has 2 N–H and O–H groups in total. The van der Waals surface area contributed by atoms with E-state index in [2.05, 4.69) is 4.98 Å². The van der Waals surface area contributed by atoms with Gasteiger partial charge in [0.1, 0.15) is 5.82 Å². The van der Waals surface area contributed by atoms with Crippen LogP contribution in [-0.2, 0) is 0 Å². The van der Waals surface area contributed by atoms with Crippen molar-refractivity contribution in [3.05, 3.63) is 23.9 Å². The number of nitrogens with zero attached hydrogens (tertiary/aromatic N) is 1. The van der Waals surface area contributed by atoms with E-state index in [-0.39, 0.29) is 10.5 Å². The zero-order chi connectivity index (χ0) is 10.9. The maximum Gasteiger partial charge on any atom is 0.182 e. The molecule has 0 spiro atoms. The van der Waals surface area contributed by atoms with Crippen LogP contribution in [0.15, 0.2) is 18.3 Å². The average Bonchev–Trinajstić information content (AvgIpc) is 2.66. The van der Waals surface area contributed by atoms with Crippen molar-refractivity contribution >= 4 is 23.4 Å². The molecule has 80 valence electrons. The van der Waals surface area contributed by atoms with Crippen molar-refractivity contribution in [3.8, 4) is 0 Å². The number of ketones is 1. The monoisotopic (exact) mass is 222 g/mol. The molecule has 2 rings (SSSR count). The van der Waals surface area contributed by atoms with Gasteiger partial charge in [0.2, 0.25) is 0 Å². The standard InChI is InChI=1S/C11H14N2OS/c1-11(5-3-7-15-11)9(14)8-4-2-6-13-10(8)12/h2,4,6H,3,5,7H2,1H3,(H2,12,13). The lowest BCUT2D eigenvalue weighted by Crippen LogP contribution is -2.29. The molecule has 2 heterocycles. The maximum absolute atomic E-state index is 12.2. The molecule has 15 heavy (non-hydrogen) atoms. The molecule has 4 heteroatoms. The highest BCUT2D eigenvalue weighted by molar-refractivity contribution is 8.01. The van der Waals surface area contributed by atoms with Crippen molar-refractivity contribution in [3.63, 3.8) is 0 Å². The van der Waals surface area contributed by atoms with Gasteiger partial charge >= 0.3 is 0 Å². The number of carbonyl (C=O) groups excluding carboxylic acids is 1. The van der Waals surface area contributed by atoms with E-state index in [4.69, 9.17) is 5.73 Å². The fourth-order valence-corrected chi connectivity index (χ4v) is 3.12. The minimum atomic E-state index is -0.294. The lowest BCUT2D eigenvalue weighted by Gasteiger charge is -2.21. The lowest BCUT2D eigenvalue weighted by atomic mass is 9.95. The van der Waals surface area contributed by atoms with Gasteiger partial charge in [-0.05, 0) is 37.7 Å². The van der Waals surface area contributed by atoms with Crippen molar-refractivity contribution in [1.82, 2.24) is 4.98 Å².